The number of alkyl carbamates (subject to hydrolysis) is 1. The highest BCUT2D eigenvalue weighted by Crippen LogP contribution is 2.16. The van der Waals surface area contributed by atoms with Gasteiger partial charge in [0.1, 0.15) is 17.2 Å². The molecule has 7 nitrogen and oxygen atoms in total. The fraction of sp³-hybridized carbons (Fsp3) is 0.533. The van der Waals surface area contributed by atoms with Gasteiger partial charge >= 0.3 is 6.09 Å². The van der Waals surface area contributed by atoms with Crippen molar-refractivity contribution in [3.63, 3.8) is 0 Å². The van der Waals surface area contributed by atoms with Gasteiger partial charge in [-0.2, -0.15) is 0 Å². The molecule has 3 atom stereocenters. The predicted octanol–water partition coefficient (Wildman–Crippen LogP) is 4.37. The van der Waals surface area contributed by atoms with Gasteiger partial charge in [0.2, 0.25) is 0 Å². The summed E-state index contributed by atoms with van der Waals surface area (Å²) in [6, 6.07) is 11.8. The third-order valence-electron chi connectivity index (χ3n) is 6.06. The van der Waals surface area contributed by atoms with E-state index in [1.54, 1.807) is 20.8 Å². The van der Waals surface area contributed by atoms with E-state index in [1.807, 2.05) is 51.1 Å². The summed E-state index contributed by atoms with van der Waals surface area (Å²) in [5.41, 5.74) is 0.0958. The van der Waals surface area contributed by atoms with Gasteiger partial charge in [-0.25, -0.2) is 13.6 Å². The second-order valence-electron chi connectivity index (χ2n) is 11.9. The van der Waals surface area contributed by atoms with Crippen molar-refractivity contribution in [2.24, 2.45) is 11.3 Å². The first kappa shape index (κ1) is 32.2. The predicted molar refractivity (Wildman–Crippen MR) is 148 cm³/mol. The highest BCUT2D eigenvalue weighted by molar-refractivity contribution is 5.82. The fourth-order valence-electron chi connectivity index (χ4n) is 4.05. The molecule has 0 aromatic heterocycles. The minimum absolute atomic E-state index is 0.0613. The molecule has 0 fully saturated rings. The zero-order valence-electron chi connectivity index (χ0n) is 23.8. The lowest BCUT2D eigenvalue weighted by Crippen LogP contribution is -2.54. The number of benzene rings is 2. The molecule has 0 spiro atoms. The second kappa shape index (κ2) is 14.4. The maximum Gasteiger partial charge on any atom is 0.407 e. The molecule has 0 heterocycles. The van der Waals surface area contributed by atoms with E-state index in [-0.39, 0.29) is 24.3 Å². The SMILES string of the molecule is C[C@H](CNCC(C)(C)CNC(=O)[C@@H](O)[C@@H](Cc1ccccc1)NC(=O)OC(C)(C)C)Cc1cc(F)ccc1F. The molecule has 2 rings (SSSR count). The lowest BCUT2D eigenvalue weighted by Gasteiger charge is -2.29. The minimum Gasteiger partial charge on any atom is -0.444 e. The van der Waals surface area contributed by atoms with Crippen LogP contribution >= 0.6 is 0 Å². The second-order valence-corrected chi connectivity index (χ2v) is 11.9. The maximum atomic E-state index is 13.9. The molecule has 0 unspecified atom stereocenters. The molecule has 39 heavy (non-hydrogen) atoms. The number of hydrogen-bond donors (Lipinski definition) is 4. The van der Waals surface area contributed by atoms with Crippen molar-refractivity contribution in [1.29, 1.82) is 0 Å². The molecule has 0 bridgehead atoms. The number of rotatable bonds is 13. The summed E-state index contributed by atoms with van der Waals surface area (Å²) in [5.74, 6) is -1.42. The Morgan fingerprint density at radius 1 is 0.974 bits per heavy atom. The molecule has 0 radical (unpaired) electrons. The van der Waals surface area contributed by atoms with Crippen LogP contribution in [0.15, 0.2) is 48.5 Å². The average Bonchev–Trinajstić information content (AvgIpc) is 2.83. The number of hydrogen-bond acceptors (Lipinski definition) is 5. The van der Waals surface area contributed by atoms with E-state index in [0.717, 1.165) is 17.7 Å². The highest BCUT2D eigenvalue weighted by Gasteiger charge is 2.31. The first-order valence-electron chi connectivity index (χ1n) is 13.3. The van der Waals surface area contributed by atoms with Crippen LogP contribution in [-0.4, -0.2) is 54.5 Å². The Bertz CT molecular complexity index is 1070. The van der Waals surface area contributed by atoms with E-state index in [1.165, 1.54) is 6.07 Å². The van der Waals surface area contributed by atoms with Gasteiger partial charge in [-0.3, -0.25) is 4.79 Å². The molecular formula is C30H43F2N3O4. The van der Waals surface area contributed by atoms with E-state index < -0.39 is 41.4 Å². The first-order chi connectivity index (χ1) is 18.1. The number of carbonyl (C=O) groups is 2. The molecule has 0 aliphatic heterocycles. The van der Waals surface area contributed by atoms with Crippen LogP contribution in [0.4, 0.5) is 13.6 Å². The molecule has 0 aliphatic rings. The number of amides is 2. The third kappa shape index (κ3) is 12.1. The standard InChI is InChI=1S/C30H43F2N3O4/c1-20(14-22-16-23(31)12-13-24(22)32)17-33-18-30(5,6)19-34-27(37)26(36)25(15-21-10-8-7-9-11-21)35-28(38)39-29(2,3)4/h7-13,16,20,25-26,33,36H,14-15,17-19H2,1-6H3,(H,34,37)(H,35,38)/t20-,25+,26-/m0/s1. The van der Waals surface area contributed by atoms with E-state index >= 15 is 0 Å². The van der Waals surface area contributed by atoms with Crippen LogP contribution in [-0.2, 0) is 22.4 Å². The number of aliphatic hydroxyl groups excluding tert-OH is 1. The van der Waals surface area contributed by atoms with Gasteiger partial charge in [-0.15, -0.1) is 0 Å². The van der Waals surface area contributed by atoms with Crippen LogP contribution in [0.2, 0.25) is 0 Å². The zero-order valence-corrected chi connectivity index (χ0v) is 23.8. The number of halogens is 2. The van der Waals surface area contributed by atoms with Gasteiger partial charge in [0.15, 0.2) is 6.10 Å². The minimum atomic E-state index is -1.50. The van der Waals surface area contributed by atoms with Crippen molar-refractivity contribution in [3.05, 3.63) is 71.3 Å². The Kier molecular flexibility index (Phi) is 11.9. The Labute approximate surface area is 230 Å². The van der Waals surface area contributed by atoms with Crippen LogP contribution in [0.1, 0.15) is 52.7 Å². The van der Waals surface area contributed by atoms with Crippen LogP contribution < -0.4 is 16.0 Å². The lowest BCUT2D eigenvalue weighted by molar-refractivity contribution is -0.131. The average molecular weight is 548 g/mol. The monoisotopic (exact) mass is 547 g/mol. The van der Waals surface area contributed by atoms with Crippen LogP contribution in [0.5, 0.6) is 0 Å². The van der Waals surface area contributed by atoms with E-state index in [2.05, 4.69) is 16.0 Å². The summed E-state index contributed by atoms with van der Waals surface area (Å²) in [6.07, 6.45) is -1.58. The van der Waals surface area contributed by atoms with Crippen LogP contribution in [0.3, 0.4) is 0 Å². The van der Waals surface area contributed by atoms with E-state index in [0.29, 0.717) is 25.1 Å². The molecule has 2 amide bonds. The van der Waals surface area contributed by atoms with Gasteiger partial charge in [0.05, 0.1) is 6.04 Å². The molecule has 0 aliphatic carbocycles. The van der Waals surface area contributed by atoms with Crippen molar-refractivity contribution >= 4 is 12.0 Å². The normalized spacial score (nSPS) is 14.3. The zero-order chi connectivity index (χ0) is 29.2. The molecule has 2 aromatic rings. The van der Waals surface area contributed by atoms with Gasteiger partial charge in [-0.1, -0.05) is 51.1 Å². The van der Waals surface area contributed by atoms with Crippen molar-refractivity contribution in [2.75, 3.05) is 19.6 Å². The smallest absolute Gasteiger partial charge is 0.407 e. The maximum absolute atomic E-state index is 13.9. The quantitative estimate of drug-likeness (QED) is 0.299. The number of aliphatic hydroxyl groups is 1. The van der Waals surface area contributed by atoms with Crippen molar-refractivity contribution in [2.45, 2.75) is 72.1 Å². The molecule has 0 saturated carbocycles. The highest BCUT2D eigenvalue weighted by atomic mass is 19.1. The van der Waals surface area contributed by atoms with Crippen molar-refractivity contribution in [3.8, 4) is 0 Å². The summed E-state index contributed by atoms with van der Waals surface area (Å²) in [7, 11) is 0. The Morgan fingerprint density at radius 3 is 2.28 bits per heavy atom. The summed E-state index contributed by atoms with van der Waals surface area (Å²) in [6.45, 7) is 12.5. The third-order valence-corrected chi connectivity index (χ3v) is 6.06. The first-order valence-corrected chi connectivity index (χ1v) is 13.3. The summed E-state index contributed by atoms with van der Waals surface area (Å²) in [4.78, 5) is 25.3. The molecule has 2 aromatic carbocycles. The van der Waals surface area contributed by atoms with Gasteiger partial charge in [-0.05, 0) is 80.8 Å². The molecule has 9 heteroatoms. The number of carbonyl (C=O) groups excluding carboxylic acids is 2. The summed E-state index contributed by atoms with van der Waals surface area (Å²) in [5, 5.41) is 19.6. The molecule has 0 saturated heterocycles. The van der Waals surface area contributed by atoms with Crippen LogP contribution in [0, 0.1) is 23.0 Å². The van der Waals surface area contributed by atoms with Crippen LogP contribution in [0.25, 0.3) is 0 Å². The van der Waals surface area contributed by atoms with E-state index in [9.17, 15) is 23.5 Å². The Morgan fingerprint density at radius 2 is 1.64 bits per heavy atom. The molecular weight excluding hydrogens is 504 g/mol. The molecule has 4 N–H and O–H groups in total. The van der Waals surface area contributed by atoms with Crippen molar-refractivity contribution in [1.82, 2.24) is 16.0 Å². The largest absolute Gasteiger partial charge is 0.444 e. The number of nitrogens with one attached hydrogen (secondary N) is 3. The Balaban J connectivity index is 1.89. The summed E-state index contributed by atoms with van der Waals surface area (Å²) >= 11 is 0. The van der Waals surface area contributed by atoms with Crippen molar-refractivity contribution < 1.29 is 28.2 Å². The van der Waals surface area contributed by atoms with Gasteiger partial charge < -0.3 is 25.8 Å². The topological polar surface area (TPSA) is 99.7 Å². The fourth-order valence-corrected chi connectivity index (χ4v) is 4.05. The lowest BCUT2D eigenvalue weighted by atomic mass is 9.92. The number of ether oxygens (including phenoxy) is 1. The van der Waals surface area contributed by atoms with Gasteiger partial charge in [0.25, 0.3) is 5.91 Å². The Hall–Kier alpha value is -3.04. The van der Waals surface area contributed by atoms with E-state index in [4.69, 9.17) is 4.74 Å². The summed E-state index contributed by atoms with van der Waals surface area (Å²) < 4.78 is 32.7. The van der Waals surface area contributed by atoms with Gasteiger partial charge in [0, 0.05) is 13.1 Å². The molecule has 216 valence electrons.